The molecule has 6 heteroatoms. The highest BCUT2D eigenvalue weighted by Gasteiger charge is 2.47. The molecule has 1 saturated carbocycles. The van der Waals surface area contributed by atoms with Gasteiger partial charge in [0.2, 0.25) is 0 Å². The second-order valence-electron chi connectivity index (χ2n) is 5.59. The van der Waals surface area contributed by atoms with Crippen molar-refractivity contribution >= 4 is 0 Å². The van der Waals surface area contributed by atoms with Crippen molar-refractivity contribution < 1.29 is 13.2 Å². The van der Waals surface area contributed by atoms with Crippen molar-refractivity contribution in [3.05, 3.63) is 18.2 Å². The Bertz CT molecular complexity index is 428. The number of alkyl halides is 3. The van der Waals surface area contributed by atoms with Gasteiger partial charge in [0, 0.05) is 31.4 Å². The van der Waals surface area contributed by atoms with E-state index >= 15 is 0 Å². The summed E-state index contributed by atoms with van der Waals surface area (Å²) >= 11 is 0. The summed E-state index contributed by atoms with van der Waals surface area (Å²) in [6, 6.07) is -0.477. The fourth-order valence-electron chi connectivity index (χ4n) is 3.26. The van der Waals surface area contributed by atoms with Gasteiger partial charge in [-0.1, -0.05) is 12.8 Å². The van der Waals surface area contributed by atoms with E-state index in [2.05, 4.69) is 4.98 Å². The lowest BCUT2D eigenvalue weighted by atomic mass is 9.74. The fraction of sp³-hybridized carbons (Fsp3) is 0.786. The number of halogens is 3. The van der Waals surface area contributed by atoms with E-state index in [1.807, 2.05) is 17.7 Å². The number of aromatic nitrogens is 2. The number of hydrogen-bond acceptors (Lipinski definition) is 2. The van der Waals surface area contributed by atoms with Gasteiger partial charge in [-0.2, -0.15) is 13.2 Å². The number of imidazole rings is 1. The van der Waals surface area contributed by atoms with Crippen LogP contribution in [-0.2, 0) is 13.0 Å². The zero-order chi connectivity index (χ0) is 14.8. The Morgan fingerprint density at radius 3 is 2.75 bits per heavy atom. The molecule has 20 heavy (non-hydrogen) atoms. The molecular weight excluding hydrogens is 267 g/mol. The molecule has 0 bridgehead atoms. The minimum absolute atomic E-state index is 0.212. The minimum atomic E-state index is -4.14. The Balaban J connectivity index is 2.08. The molecule has 3 atom stereocenters. The van der Waals surface area contributed by atoms with Crippen LogP contribution in [0.15, 0.2) is 12.4 Å². The maximum atomic E-state index is 13.1. The van der Waals surface area contributed by atoms with E-state index in [4.69, 9.17) is 5.73 Å². The van der Waals surface area contributed by atoms with Crippen LogP contribution in [0, 0.1) is 11.8 Å². The normalized spacial score (nSPS) is 25.6. The first kappa shape index (κ1) is 15.4. The van der Waals surface area contributed by atoms with E-state index < -0.39 is 24.1 Å². The van der Waals surface area contributed by atoms with Gasteiger partial charge >= 0.3 is 6.18 Å². The topological polar surface area (TPSA) is 43.8 Å². The highest BCUT2D eigenvalue weighted by molar-refractivity contribution is 4.98. The van der Waals surface area contributed by atoms with Crippen LogP contribution in [0.25, 0.3) is 0 Å². The lowest BCUT2D eigenvalue weighted by molar-refractivity contribution is -0.198. The Morgan fingerprint density at radius 2 is 2.10 bits per heavy atom. The maximum Gasteiger partial charge on any atom is 0.392 e. The summed E-state index contributed by atoms with van der Waals surface area (Å²) in [7, 11) is 0. The van der Waals surface area contributed by atoms with Crippen molar-refractivity contribution in [3.8, 4) is 0 Å². The average molecular weight is 289 g/mol. The molecule has 0 aromatic carbocycles. The van der Waals surface area contributed by atoms with Crippen LogP contribution in [0.3, 0.4) is 0 Å². The molecule has 3 nitrogen and oxygen atoms in total. The van der Waals surface area contributed by atoms with Crippen LogP contribution in [-0.4, -0.2) is 21.8 Å². The summed E-state index contributed by atoms with van der Waals surface area (Å²) < 4.78 is 41.2. The second-order valence-corrected chi connectivity index (χ2v) is 5.59. The quantitative estimate of drug-likeness (QED) is 0.925. The zero-order valence-electron chi connectivity index (χ0n) is 11.7. The van der Waals surface area contributed by atoms with Crippen molar-refractivity contribution in [2.75, 3.05) is 0 Å². The van der Waals surface area contributed by atoms with Crippen LogP contribution in [0.1, 0.15) is 38.4 Å². The minimum Gasteiger partial charge on any atom is -0.335 e. The molecule has 1 aromatic rings. The van der Waals surface area contributed by atoms with E-state index in [1.54, 1.807) is 6.20 Å². The summed E-state index contributed by atoms with van der Waals surface area (Å²) in [5.74, 6) is -0.950. The molecule has 1 aromatic heterocycles. The molecule has 2 rings (SSSR count). The predicted molar refractivity (Wildman–Crippen MR) is 71.1 cm³/mol. The molecule has 2 N–H and O–H groups in total. The number of nitrogens with zero attached hydrogens (tertiary/aromatic N) is 2. The first-order valence-corrected chi connectivity index (χ1v) is 7.25. The van der Waals surface area contributed by atoms with Crippen LogP contribution >= 0.6 is 0 Å². The standard InChI is InChI=1S/C14H22F3N3/c1-2-20-8-7-19-13(20)9-12(18)10-5-3-4-6-11(10)14(15,16)17/h7-8,10-12H,2-6,9,18H2,1H3. The van der Waals surface area contributed by atoms with Crippen molar-refractivity contribution in [1.82, 2.24) is 9.55 Å². The fourth-order valence-corrected chi connectivity index (χ4v) is 3.26. The molecule has 114 valence electrons. The van der Waals surface area contributed by atoms with Crippen LogP contribution < -0.4 is 5.73 Å². The highest BCUT2D eigenvalue weighted by atomic mass is 19.4. The Labute approximate surface area is 117 Å². The molecule has 0 spiro atoms. The molecule has 0 saturated heterocycles. The number of rotatable bonds is 4. The summed E-state index contributed by atoms with van der Waals surface area (Å²) in [6.07, 6.45) is 2.06. The van der Waals surface area contributed by atoms with Crippen LogP contribution in [0.4, 0.5) is 13.2 Å². The first-order valence-electron chi connectivity index (χ1n) is 7.25. The monoisotopic (exact) mass is 289 g/mol. The Morgan fingerprint density at radius 1 is 1.40 bits per heavy atom. The average Bonchev–Trinajstić information content (AvgIpc) is 2.85. The number of aryl methyl sites for hydroxylation is 1. The molecular formula is C14H22F3N3. The molecule has 1 fully saturated rings. The van der Waals surface area contributed by atoms with Gasteiger partial charge in [0.25, 0.3) is 0 Å². The van der Waals surface area contributed by atoms with Gasteiger partial charge in [-0.15, -0.1) is 0 Å². The van der Waals surface area contributed by atoms with Crippen LogP contribution in [0.2, 0.25) is 0 Å². The second kappa shape index (κ2) is 6.16. The molecule has 1 heterocycles. The molecule has 0 aliphatic heterocycles. The Hall–Kier alpha value is -1.04. The molecule has 3 unspecified atom stereocenters. The molecule has 0 amide bonds. The van der Waals surface area contributed by atoms with E-state index in [1.165, 1.54) is 0 Å². The SMILES string of the molecule is CCn1ccnc1CC(N)C1CCCCC1C(F)(F)F. The third kappa shape index (κ3) is 3.34. The van der Waals surface area contributed by atoms with E-state index in [9.17, 15) is 13.2 Å². The smallest absolute Gasteiger partial charge is 0.335 e. The number of nitrogens with two attached hydrogens (primary N) is 1. The third-order valence-electron chi connectivity index (χ3n) is 4.35. The van der Waals surface area contributed by atoms with Gasteiger partial charge in [0.05, 0.1) is 5.92 Å². The van der Waals surface area contributed by atoms with Crippen molar-refractivity contribution in [1.29, 1.82) is 0 Å². The van der Waals surface area contributed by atoms with Gasteiger partial charge in [-0.3, -0.25) is 0 Å². The first-order chi connectivity index (χ1) is 9.43. The van der Waals surface area contributed by atoms with Crippen LogP contribution in [0.5, 0.6) is 0 Å². The van der Waals surface area contributed by atoms with Crippen molar-refractivity contribution in [2.45, 2.75) is 57.8 Å². The van der Waals surface area contributed by atoms with E-state index in [0.29, 0.717) is 19.3 Å². The van der Waals surface area contributed by atoms with E-state index in [0.717, 1.165) is 18.8 Å². The zero-order valence-corrected chi connectivity index (χ0v) is 11.7. The van der Waals surface area contributed by atoms with Crippen molar-refractivity contribution in [2.24, 2.45) is 17.6 Å². The lowest BCUT2D eigenvalue weighted by Gasteiger charge is -2.36. The molecule has 1 aliphatic carbocycles. The highest BCUT2D eigenvalue weighted by Crippen LogP contribution is 2.42. The summed E-state index contributed by atoms with van der Waals surface area (Å²) in [4.78, 5) is 4.21. The summed E-state index contributed by atoms with van der Waals surface area (Å²) in [5.41, 5.74) is 6.10. The van der Waals surface area contributed by atoms with Gasteiger partial charge in [-0.05, 0) is 25.7 Å². The molecule has 1 aliphatic rings. The van der Waals surface area contributed by atoms with Gasteiger partial charge in [0.15, 0.2) is 0 Å². The number of hydrogen-bond donors (Lipinski definition) is 1. The summed E-state index contributed by atoms with van der Waals surface area (Å²) in [5, 5.41) is 0. The van der Waals surface area contributed by atoms with Crippen molar-refractivity contribution in [3.63, 3.8) is 0 Å². The largest absolute Gasteiger partial charge is 0.392 e. The van der Waals surface area contributed by atoms with E-state index in [-0.39, 0.29) is 6.42 Å². The summed E-state index contributed by atoms with van der Waals surface area (Å²) in [6.45, 7) is 2.74. The molecule has 0 radical (unpaired) electrons. The predicted octanol–water partition coefficient (Wildman–Crippen LogP) is 3.14. The maximum absolute atomic E-state index is 13.1. The van der Waals surface area contributed by atoms with Gasteiger partial charge in [-0.25, -0.2) is 4.98 Å². The third-order valence-corrected chi connectivity index (χ3v) is 4.35. The van der Waals surface area contributed by atoms with Gasteiger partial charge < -0.3 is 10.3 Å². The van der Waals surface area contributed by atoms with Gasteiger partial charge in [0.1, 0.15) is 5.82 Å². The lowest BCUT2D eigenvalue weighted by Crippen LogP contribution is -2.44. The Kier molecular flexibility index (Phi) is 4.73.